The second kappa shape index (κ2) is 6.92. The highest BCUT2D eigenvalue weighted by molar-refractivity contribution is 7.48. The van der Waals surface area contributed by atoms with Crippen molar-refractivity contribution in [2.24, 2.45) is 0 Å². The van der Waals surface area contributed by atoms with Gasteiger partial charge in [0.15, 0.2) is 17.7 Å². The van der Waals surface area contributed by atoms with Gasteiger partial charge >= 0.3 is 7.82 Å². The third kappa shape index (κ3) is 3.25. The SMILES string of the molecule is COP(=O)(OC)OCC1OC(n2cnc3c(N)ncnc32)C(O)C1O. The van der Waals surface area contributed by atoms with Crippen molar-refractivity contribution in [1.82, 2.24) is 19.5 Å². The molecule has 1 fully saturated rings. The number of aliphatic hydroxyl groups excluding tert-OH is 2. The van der Waals surface area contributed by atoms with Crippen LogP contribution in [0.3, 0.4) is 0 Å². The molecule has 4 unspecified atom stereocenters. The topological polar surface area (TPSA) is 164 Å². The summed E-state index contributed by atoms with van der Waals surface area (Å²) in [5.74, 6) is 0.179. The molecule has 3 heterocycles. The Morgan fingerprint density at radius 3 is 2.68 bits per heavy atom. The second-order valence-corrected chi connectivity index (χ2v) is 7.12. The quantitative estimate of drug-likeness (QED) is 0.555. The van der Waals surface area contributed by atoms with Crippen LogP contribution in [-0.4, -0.2) is 68.9 Å². The second-order valence-electron chi connectivity index (χ2n) is 5.24. The minimum absolute atomic E-state index is 0.179. The number of hydrogen-bond donors (Lipinski definition) is 3. The maximum Gasteiger partial charge on any atom is 0.474 e. The number of nitrogens with two attached hydrogens (primary N) is 1. The fourth-order valence-corrected chi connectivity index (χ4v) is 3.19. The molecule has 1 aliphatic rings. The molecule has 13 heteroatoms. The van der Waals surface area contributed by atoms with E-state index in [1.54, 1.807) is 0 Å². The van der Waals surface area contributed by atoms with Crippen molar-refractivity contribution in [2.75, 3.05) is 26.6 Å². The van der Waals surface area contributed by atoms with E-state index in [9.17, 15) is 14.8 Å². The molecule has 2 aromatic rings. The number of imidazole rings is 1. The largest absolute Gasteiger partial charge is 0.474 e. The molecule has 138 valence electrons. The van der Waals surface area contributed by atoms with E-state index in [0.29, 0.717) is 11.2 Å². The molecule has 2 aromatic heterocycles. The normalized spacial score (nSPS) is 27.2. The maximum absolute atomic E-state index is 11.9. The molecule has 3 rings (SSSR count). The van der Waals surface area contributed by atoms with Crippen LogP contribution in [0.4, 0.5) is 5.82 Å². The number of nitrogen functional groups attached to an aromatic ring is 1. The van der Waals surface area contributed by atoms with Gasteiger partial charge in [0.05, 0.1) is 12.9 Å². The van der Waals surface area contributed by atoms with E-state index in [1.165, 1.54) is 17.2 Å². The van der Waals surface area contributed by atoms with E-state index in [0.717, 1.165) is 14.2 Å². The molecule has 12 nitrogen and oxygen atoms in total. The van der Waals surface area contributed by atoms with Gasteiger partial charge in [0, 0.05) is 14.2 Å². The number of fused-ring (bicyclic) bond motifs is 1. The smallest absolute Gasteiger partial charge is 0.387 e. The first kappa shape index (κ1) is 18.1. The number of ether oxygens (including phenoxy) is 1. The third-order valence-corrected chi connectivity index (χ3v) is 5.20. The van der Waals surface area contributed by atoms with Gasteiger partial charge in [-0.1, -0.05) is 0 Å². The zero-order chi connectivity index (χ0) is 18.2. The Morgan fingerprint density at radius 2 is 2.00 bits per heavy atom. The molecule has 0 amide bonds. The molecule has 4 N–H and O–H groups in total. The van der Waals surface area contributed by atoms with Gasteiger partial charge in [0.1, 0.15) is 30.2 Å². The zero-order valence-electron chi connectivity index (χ0n) is 13.4. The fraction of sp³-hybridized carbons (Fsp3) is 0.583. The van der Waals surface area contributed by atoms with Gasteiger partial charge in [0.2, 0.25) is 0 Å². The highest BCUT2D eigenvalue weighted by atomic mass is 31.2. The van der Waals surface area contributed by atoms with Crippen LogP contribution in [0.1, 0.15) is 6.23 Å². The Bertz CT molecular complexity index is 793. The average Bonchev–Trinajstić information content (AvgIpc) is 3.16. The van der Waals surface area contributed by atoms with Crippen LogP contribution in [0.25, 0.3) is 11.2 Å². The molecule has 0 bridgehead atoms. The third-order valence-electron chi connectivity index (χ3n) is 3.84. The summed E-state index contributed by atoms with van der Waals surface area (Å²) in [6, 6.07) is 0. The standard InChI is InChI=1S/C12H18N5O7P/c1-21-25(20,22-2)23-3-6-8(18)9(19)12(24-6)17-5-16-7-10(13)14-4-15-11(7)17/h4-6,8-9,12,18-19H,3H2,1-2H3,(H2,13,14,15). The molecule has 0 saturated carbocycles. The van der Waals surface area contributed by atoms with Crippen molar-refractivity contribution in [2.45, 2.75) is 24.5 Å². The minimum Gasteiger partial charge on any atom is -0.387 e. The lowest BCUT2D eigenvalue weighted by molar-refractivity contribution is -0.0514. The number of phosphoric acid groups is 1. The van der Waals surface area contributed by atoms with Crippen molar-refractivity contribution < 1.29 is 33.1 Å². The lowest BCUT2D eigenvalue weighted by atomic mass is 10.1. The monoisotopic (exact) mass is 375 g/mol. The van der Waals surface area contributed by atoms with Gasteiger partial charge in [-0.25, -0.2) is 19.5 Å². The summed E-state index contributed by atoms with van der Waals surface area (Å²) < 4.78 is 33.3. The number of rotatable bonds is 6. The van der Waals surface area contributed by atoms with Crippen molar-refractivity contribution in [3.63, 3.8) is 0 Å². The van der Waals surface area contributed by atoms with E-state index >= 15 is 0 Å². The first-order valence-corrected chi connectivity index (χ1v) is 8.67. The Labute approximate surface area is 142 Å². The van der Waals surface area contributed by atoms with E-state index in [2.05, 4.69) is 24.0 Å². The van der Waals surface area contributed by atoms with E-state index in [4.69, 9.17) is 15.0 Å². The predicted octanol–water partition coefficient (Wildman–Crippen LogP) is -0.555. The molecule has 1 saturated heterocycles. The lowest BCUT2D eigenvalue weighted by Gasteiger charge is -2.18. The summed E-state index contributed by atoms with van der Waals surface area (Å²) in [7, 11) is -1.41. The average molecular weight is 375 g/mol. The van der Waals surface area contributed by atoms with E-state index in [-0.39, 0.29) is 12.4 Å². The number of aliphatic hydroxyl groups is 2. The molecule has 0 aliphatic carbocycles. The van der Waals surface area contributed by atoms with Crippen molar-refractivity contribution in [1.29, 1.82) is 0 Å². The van der Waals surface area contributed by atoms with Crippen LogP contribution in [0.5, 0.6) is 0 Å². The van der Waals surface area contributed by atoms with Gasteiger partial charge in [-0.05, 0) is 0 Å². The summed E-state index contributed by atoms with van der Waals surface area (Å²) >= 11 is 0. The summed E-state index contributed by atoms with van der Waals surface area (Å²) in [5.41, 5.74) is 6.41. The van der Waals surface area contributed by atoms with Crippen LogP contribution in [-0.2, 0) is 22.9 Å². The fourth-order valence-electron chi connectivity index (χ4n) is 2.50. The van der Waals surface area contributed by atoms with E-state index in [1.807, 2.05) is 0 Å². The van der Waals surface area contributed by atoms with Gasteiger partial charge in [-0.2, -0.15) is 0 Å². The molecular formula is C12H18N5O7P. The molecule has 0 radical (unpaired) electrons. The molecule has 0 aromatic carbocycles. The molecule has 0 spiro atoms. The minimum atomic E-state index is -3.73. The lowest BCUT2D eigenvalue weighted by Crippen LogP contribution is -2.33. The zero-order valence-corrected chi connectivity index (χ0v) is 14.3. The van der Waals surface area contributed by atoms with Crippen molar-refractivity contribution in [3.05, 3.63) is 12.7 Å². The first-order chi connectivity index (χ1) is 11.9. The van der Waals surface area contributed by atoms with Gasteiger partial charge < -0.3 is 20.7 Å². The Kier molecular flexibility index (Phi) is 5.02. The molecule has 25 heavy (non-hydrogen) atoms. The van der Waals surface area contributed by atoms with Crippen LogP contribution < -0.4 is 5.73 Å². The molecule has 4 atom stereocenters. The van der Waals surface area contributed by atoms with Crippen LogP contribution in [0.15, 0.2) is 12.7 Å². The summed E-state index contributed by atoms with van der Waals surface area (Å²) in [4.78, 5) is 12.0. The van der Waals surface area contributed by atoms with Crippen LogP contribution >= 0.6 is 7.82 Å². The maximum atomic E-state index is 11.9. The number of anilines is 1. The molecule has 1 aliphatic heterocycles. The number of aromatic nitrogens is 4. The van der Waals surface area contributed by atoms with E-state index < -0.39 is 32.4 Å². The number of nitrogens with zero attached hydrogens (tertiary/aromatic N) is 4. The van der Waals surface area contributed by atoms with Crippen LogP contribution in [0.2, 0.25) is 0 Å². The number of phosphoric ester groups is 1. The summed E-state index contributed by atoms with van der Waals surface area (Å²) in [6.45, 7) is -0.322. The highest BCUT2D eigenvalue weighted by Gasteiger charge is 2.45. The number of hydrogen-bond acceptors (Lipinski definition) is 11. The van der Waals surface area contributed by atoms with Gasteiger partial charge in [0.25, 0.3) is 0 Å². The first-order valence-electron chi connectivity index (χ1n) is 7.21. The summed E-state index contributed by atoms with van der Waals surface area (Å²) in [5, 5.41) is 20.5. The van der Waals surface area contributed by atoms with Crippen molar-refractivity contribution >= 4 is 24.8 Å². The van der Waals surface area contributed by atoms with Crippen LogP contribution in [0, 0.1) is 0 Å². The Morgan fingerprint density at radius 1 is 1.28 bits per heavy atom. The predicted molar refractivity (Wildman–Crippen MR) is 83.2 cm³/mol. The van der Waals surface area contributed by atoms with Gasteiger partial charge in [-0.15, -0.1) is 0 Å². The van der Waals surface area contributed by atoms with Gasteiger partial charge in [-0.3, -0.25) is 18.1 Å². The Hall–Kier alpha value is -1.66. The highest BCUT2D eigenvalue weighted by Crippen LogP contribution is 2.48. The molecular weight excluding hydrogens is 357 g/mol. The Balaban J connectivity index is 1.80. The van der Waals surface area contributed by atoms with Crippen molar-refractivity contribution in [3.8, 4) is 0 Å². The summed E-state index contributed by atoms with van der Waals surface area (Å²) in [6.07, 6.45) is -1.95.